The highest BCUT2D eigenvalue weighted by atomic mass is 14.6. The molecule has 1 nitrogen and oxygen atoms in total. The van der Waals surface area contributed by atoms with Crippen LogP contribution >= 0.6 is 0 Å². The Hall–Kier alpha value is -0.820. The average Bonchev–Trinajstić information content (AvgIpc) is 2.32. The number of rotatable bonds is 2. The topological polar surface area (TPSA) is 26.0 Å². The van der Waals surface area contributed by atoms with Crippen LogP contribution in [0.4, 0.5) is 0 Å². The van der Waals surface area contributed by atoms with Crippen LogP contribution in [0, 0.1) is 0 Å². The molecule has 1 aromatic rings. The number of fused-ring (bicyclic) bond motifs is 1. The molecule has 88 valence electrons. The van der Waals surface area contributed by atoms with Gasteiger partial charge < -0.3 is 5.73 Å². The summed E-state index contributed by atoms with van der Waals surface area (Å²) < 4.78 is 0. The Labute approximate surface area is 99.0 Å². The molecular formula is C15H23N. The average molecular weight is 217 g/mol. The van der Waals surface area contributed by atoms with Crippen molar-refractivity contribution in [1.29, 1.82) is 0 Å². The third-order valence-electron chi connectivity index (χ3n) is 4.13. The molecule has 0 radical (unpaired) electrons. The smallest absolute Gasteiger partial charge is 0.0297 e. The Kier molecular flexibility index (Phi) is 3.34. The van der Waals surface area contributed by atoms with E-state index in [0.29, 0.717) is 11.8 Å². The van der Waals surface area contributed by atoms with Gasteiger partial charge in [0, 0.05) is 6.04 Å². The molecule has 1 aliphatic rings. The maximum Gasteiger partial charge on any atom is 0.0297 e. The minimum absolute atomic E-state index is 0.259. The van der Waals surface area contributed by atoms with Crippen molar-refractivity contribution >= 4 is 0 Å². The minimum atomic E-state index is 0.259. The summed E-state index contributed by atoms with van der Waals surface area (Å²) in [7, 11) is 0. The molecule has 1 aromatic carbocycles. The van der Waals surface area contributed by atoms with Crippen molar-refractivity contribution in [3.05, 3.63) is 34.9 Å². The highest BCUT2D eigenvalue weighted by Crippen LogP contribution is 2.37. The van der Waals surface area contributed by atoms with E-state index in [-0.39, 0.29) is 6.04 Å². The Bertz CT molecular complexity index is 370. The summed E-state index contributed by atoms with van der Waals surface area (Å²) in [5.74, 6) is 1.33. The summed E-state index contributed by atoms with van der Waals surface area (Å²) >= 11 is 0. The Balaban J connectivity index is 2.40. The molecule has 1 aliphatic carbocycles. The van der Waals surface area contributed by atoms with Gasteiger partial charge in [-0.2, -0.15) is 0 Å². The fraction of sp³-hybridized carbons (Fsp3) is 0.600. The molecule has 2 rings (SSSR count). The largest absolute Gasteiger partial charge is 0.324 e. The summed E-state index contributed by atoms with van der Waals surface area (Å²) in [6, 6.07) is 7.21. The second kappa shape index (κ2) is 4.58. The fourth-order valence-corrected chi connectivity index (χ4v) is 2.65. The van der Waals surface area contributed by atoms with Gasteiger partial charge >= 0.3 is 0 Å². The molecule has 0 bridgehead atoms. The van der Waals surface area contributed by atoms with E-state index in [1.807, 2.05) is 0 Å². The van der Waals surface area contributed by atoms with Gasteiger partial charge in [-0.15, -0.1) is 0 Å². The molecule has 0 aliphatic heterocycles. The highest BCUT2D eigenvalue weighted by Gasteiger charge is 2.22. The van der Waals surface area contributed by atoms with Crippen molar-refractivity contribution in [2.45, 2.75) is 57.9 Å². The van der Waals surface area contributed by atoms with Gasteiger partial charge in [-0.05, 0) is 47.8 Å². The number of benzene rings is 1. The standard InChI is InChI=1S/C15H23N/c1-4-10(2)12-6-7-13-11(3)5-8-15(16)14(13)9-12/h6-7,9-11,15H,4-5,8,16H2,1-3H3/t10?,11?,15-/m1/s1. The van der Waals surface area contributed by atoms with Gasteiger partial charge in [0.2, 0.25) is 0 Å². The quantitative estimate of drug-likeness (QED) is 0.793. The summed E-state index contributed by atoms with van der Waals surface area (Å²) in [5, 5.41) is 0. The van der Waals surface area contributed by atoms with E-state index in [0.717, 1.165) is 6.42 Å². The highest BCUT2D eigenvalue weighted by molar-refractivity contribution is 5.39. The molecule has 0 saturated carbocycles. The first-order chi connectivity index (χ1) is 7.63. The van der Waals surface area contributed by atoms with Gasteiger partial charge in [0.15, 0.2) is 0 Å². The molecule has 16 heavy (non-hydrogen) atoms. The normalized spacial score (nSPS) is 26.2. The van der Waals surface area contributed by atoms with Gasteiger partial charge in [0.05, 0.1) is 0 Å². The first-order valence-electron chi connectivity index (χ1n) is 6.52. The van der Waals surface area contributed by atoms with Crippen molar-refractivity contribution < 1.29 is 0 Å². The molecule has 3 atom stereocenters. The van der Waals surface area contributed by atoms with Gasteiger partial charge in [-0.1, -0.05) is 39.0 Å². The van der Waals surface area contributed by atoms with E-state index < -0.39 is 0 Å². The van der Waals surface area contributed by atoms with Crippen molar-refractivity contribution in [2.24, 2.45) is 5.73 Å². The lowest BCUT2D eigenvalue weighted by Gasteiger charge is -2.28. The van der Waals surface area contributed by atoms with Crippen LogP contribution in [-0.4, -0.2) is 0 Å². The van der Waals surface area contributed by atoms with Gasteiger partial charge in [-0.25, -0.2) is 0 Å². The van der Waals surface area contributed by atoms with Crippen LogP contribution in [0.3, 0.4) is 0 Å². The van der Waals surface area contributed by atoms with Crippen LogP contribution in [0.1, 0.15) is 74.6 Å². The molecule has 0 amide bonds. The molecule has 2 N–H and O–H groups in total. The lowest BCUT2D eigenvalue weighted by atomic mass is 9.79. The first-order valence-corrected chi connectivity index (χ1v) is 6.52. The van der Waals surface area contributed by atoms with E-state index in [4.69, 9.17) is 5.73 Å². The molecule has 2 unspecified atom stereocenters. The minimum Gasteiger partial charge on any atom is -0.324 e. The Morgan fingerprint density at radius 1 is 1.31 bits per heavy atom. The van der Waals surface area contributed by atoms with Crippen molar-refractivity contribution in [3.63, 3.8) is 0 Å². The monoisotopic (exact) mass is 217 g/mol. The second-order valence-corrected chi connectivity index (χ2v) is 5.28. The zero-order valence-electron chi connectivity index (χ0n) is 10.7. The van der Waals surface area contributed by atoms with E-state index in [1.54, 1.807) is 0 Å². The van der Waals surface area contributed by atoms with E-state index >= 15 is 0 Å². The summed E-state index contributed by atoms with van der Waals surface area (Å²) in [6.07, 6.45) is 3.57. The lowest BCUT2D eigenvalue weighted by molar-refractivity contribution is 0.512. The number of hydrogen-bond acceptors (Lipinski definition) is 1. The Morgan fingerprint density at radius 3 is 2.75 bits per heavy atom. The molecule has 0 saturated heterocycles. The maximum absolute atomic E-state index is 6.22. The summed E-state index contributed by atoms with van der Waals surface area (Å²) in [5.41, 5.74) is 10.5. The van der Waals surface area contributed by atoms with Crippen molar-refractivity contribution in [3.8, 4) is 0 Å². The predicted molar refractivity (Wildman–Crippen MR) is 69.7 cm³/mol. The Morgan fingerprint density at radius 2 is 2.06 bits per heavy atom. The second-order valence-electron chi connectivity index (χ2n) is 5.28. The van der Waals surface area contributed by atoms with Crippen LogP contribution in [0.15, 0.2) is 18.2 Å². The molecule has 0 heterocycles. The van der Waals surface area contributed by atoms with Crippen LogP contribution < -0.4 is 5.73 Å². The molecular weight excluding hydrogens is 194 g/mol. The third-order valence-corrected chi connectivity index (χ3v) is 4.13. The van der Waals surface area contributed by atoms with E-state index in [2.05, 4.69) is 39.0 Å². The van der Waals surface area contributed by atoms with Crippen LogP contribution in [0.2, 0.25) is 0 Å². The first kappa shape index (κ1) is 11.7. The van der Waals surface area contributed by atoms with E-state index in [1.165, 1.54) is 29.5 Å². The molecule has 1 heteroatoms. The van der Waals surface area contributed by atoms with Crippen LogP contribution in [0.25, 0.3) is 0 Å². The summed E-state index contributed by atoms with van der Waals surface area (Å²) in [4.78, 5) is 0. The van der Waals surface area contributed by atoms with Crippen molar-refractivity contribution in [1.82, 2.24) is 0 Å². The van der Waals surface area contributed by atoms with E-state index in [9.17, 15) is 0 Å². The van der Waals surface area contributed by atoms with Gasteiger partial charge in [0.1, 0.15) is 0 Å². The molecule has 0 fully saturated rings. The zero-order chi connectivity index (χ0) is 11.7. The predicted octanol–water partition coefficient (Wildman–Crippen LogP) is 4.10. The van der Waals surface area contributed by atoms with Crippen LogP contribution in [0.5, 0.6) is 0 Å². The third kappa shape index (κ3) is 2.01. The SMILES string of the molecule is CCC(C)c1ccc2c(c1)[C@H](N)CCC2C. The van der Waals surface area contributed by atoms with Gasteiger partial charge in [0.25, 0.3) is 0 Å². The number of hydrogen-bond donors (Lipinski definition) is 1. The molecule has 0 aromatic heterocycles. The molecule has 0 spiro atoms. The van der Waals surface area contributed by atoms with Crippen LogP contribution in [-0.2, 0) is 0 Å². The van der Waals surface area contributed by atoms with Crippen molar-refractivity contribution in [2.75, 3.05) is 0 Å². The fourth-order valence-electron chi connectivity index (χ4n) is 2.65. The maximum atomic E-state index is 6.22. The lowest BCUT2D eigenvalue weighted by Crippen LogP contribution is -2.19. The number of nitrogens with two attached hydrogens (primary N) is 1. The summed E-state index contributed by atoms with van der Waals surface area (Å²) in [6.45, 7) is 6.85. The van der Waals surface area contributed by atoms with Gasteiger partial charge in [-0.3, -0.25) is 0 Å². The zero-order valence-corrected chi connectivity index (χ0v) is 10.7.